The van der Waals surface area contributed by atoms with Gasteiger partial charge < -0.3 is 16.2 Å². The van der Waals surface area contributed by atoms with Crippen molar-refractivity contribution in [3.05, 3.63) is 35.9 Å². The number of aliphatic carboxylic acids is 1. The monoisotopic (exact) mass is 348 g/mol. The number of rotatable bonds is 4. The van der Waals surface area contributed by atoms with Gasteiger partial charge in [0.05, 0.1) is 5.92 Å². The van der Waals surface area contributed by atoms with Crippen molar-refractivity contribution in [3.8, 4) is 0 Å². The van der Waals surface area contributed by atoms with Crippen LogP contribution in [0.1, 0.15) is 25.5 Å². The van der Waals surface area contributed by atoms with Crippen LogP contribution in [0.3, 0.4) is 0 Å². The average molecular weight is 348 g/mol. The molecule has 24 heavy (non-hydrogen) atoms. The standard InChI is InChI=1S/C17H20N2O4S/c1-17(2)10(16(22)23)9-13(20)12(14(9)24-17)19-15(21)11(18)8-6-4-3-5-7-8/h3-7,9-12,14H,18H2,1-2H3,(H,19,21)(H,22,23)/t9?,10-,11+,12?,14?/m0/s1. The van der Waals surface area contributed by atoms with E-state index >= 15 is 0 Å². The van der Waals surface area contributed by atoms with Crippen molar-refractivity contribution in [1.29, 1.82) is 0 Å². The van der Waals surface area contributed by atoms with Gasteiger partial charge in [-0.05, 0) is 19.4 Å². The molecule has 6 nitrogen and oxygen atoms in total. The third-order valence-electron chi connectivity index (χ3n) is 4.87. The van der Waals surface area contributed by atoms with Crippen LogP contribution in [-0.4, -0.2) is 38.8 Å². The molecule has 0 aromatic heterocycles. The Morgan fingerprint density at radius 3 is 2.50 bits per heavy atom. The Morgan fingerprint density at radius 1 is 1.29 bits per heavy atom. The maximum Gasteiger partial charge on any atom is 0.308 e. The smallest absolute Gasteiger partial charge is 0.308 e. The number of Topliss-reactive ketones (excluding diaryl/α,β-unsaturated/α-hetero) is 1. The van der Waals surface area contributed by atoms with E-state index in [0.717, 1.165) is 0 Å². The second-order valence-electron chi connectivity index (χ2n) is 6.80. The summed E-state index contributed by atoms with van der Waals surface area (Å²) in [6.45, 7) is 3.66. The lowest BCUT2D eigenvalue weighted by Gasteiger charge is -2.39. The summed E-state index contributed by atoms with van der Waals surface area (Å²) >= 11 is 1.46. The molecule has 1 saturated heterocycles. The third-order valence-corrected chi connectivity index (χ3v) is 6.57. The van der Waals surface area contributed by atoms with Crippen LogP contribution in [0.2, 0.25) is 0 Å². The van der Waals surface area contributed by atoms with Crippen LogP contribution in [0.15, 0.2) is 30.3 Å². The van der Waals surface area contributed by atoms with E-state index < -0.39 is 40.5 Å². The van der Waals surface area contributed by atoms with E-state index in [9.17, 15) is 19.5 Å². The summed E-state index contributed by atoms with van der Waals surface area (Å²) in [6.07, 6.45) is 0. The first-order chi connectivity index (χ1) is 11.2. The molecule has 1 aliphatic carbocycles. The number of benzene rings is 1. The van der Waals surface area contributed by atoms with Gasteiger partial charge in [-0.15, -0.1) is 11.8 Å². The molecule has 4 N–H and O–H groups in total. The molecule has 1 amide bonds. The highest BCUT2D eigenvalue weighted by Gasteiger charge is 2.66. The Balaban J connectivity index is 1.71. The lowest BCUT2D eigenvalue weighted by molar-refractivity contribution is -0.151. The van der Waals surface area contributed by atoms with Crippen molar-refractivity contribution in [1.82, 2.24) is 5.32 Å². The summed E-state index contributed by atoms with van der Waals surface area (Å²) < 4.78 is -0.544. The maximum atomic E-state index is 12.4. The largest absolute Gasteiger partial charge is 0.481 e. The summed E-state index contributed by atoms with van der Waals surface area (Å²) in [5.41, 5.74) is 6.62. The fourth-order valence-corrected chi connectivity index (χ4v) is 5.50. The quantitative estimate of drug-likeness (QED) is 0.748. The van der Waals surface area contributed by atoms with Crippen molar-refractivity contribution in [2.45, 2.75) is 35.9 Å². The molecule has 0 radical (unpaired) electrons. The second kappa shape index (κ2) is 5.89. The van der Waals surface area contributed by atoms with Crippen molar-refractivity contribution >= 4 is 29.4 Å². The van der Waals surface area contributed by atoms with Gasteiger partial charge in [0.15, 0.2) is 5.78 Å². The number of hydrogen-bond acceptors (Lipinski definition) is 5. The lowest BCUT2D eigenvalue weighted by Crippen LogP contribution is -2.64. The highest BCUT2D eigenvalue weighted by atomic mass is 32.2. The molecule has 3 rings (SSSR count). The molecule has 128 valence electrons. The normalized spacial score (nSPS) is 31.7. The van der Waals surface area contributed by atoms with E-state index in [4.69, 9.17) is 5.73 Å². The van der Waals surface area contributed by atoms with Crippen LogP contribution in [0.4, 0.5) is 0 Å². The number of hydrogen-bond donors (Lipinski definition) is 3. The van der Waals surface area contributed by atoms with Crippen molar-refractivity contribution < 1.29 is 19.5 Å². The zero-order valence-corrected chi connectivity index (χ0v) is 14.2. The average Bonchev–Trinajstić information content (AvgIpc) is 2.80. The Bertz CT molecular complexity index is 691. The molecule has 1 saturated carbocycles. The highest BCUT2D eigenvalue weighted by molar-refractivity contribution is 8.01. The van der Waals surface area contributed by atoms with E-state index in [1.165, 1.54) is 11.8 Å². The summed E-state index contributed by atoms with van der Waals surface area (Å²) in [6, 6.07) is 7.41. The number of carboxylic acid groups (broad SMARTS) is 1. The van der Waals surface area contributed by atoms with Crippen LogP contribution in [0, 0.1) is 11.8 Å². The van der Waals surface area contributed by atoms with Gasteiger partial charge in [0, 0.05) is 15.9 Å². The zero-order valence-electron chi connectivity index (χ0n) is 13.4. The number of fused-ring (bicyclic) bond motifs is 1. The first-order valence-corrected chi connectivity index (χ1v) is 8.67. The Morgan fingerprint density at radius 2 is 1.92 bits per heavy atom. The van der Waals surface area contributed by atoms with Gasteiger partial charge in [-0.1, -0.05) is 30.3 Å². The van der Waals surface area contributed by atoms with Gasteiger partial charge in [-0.25, -0.2) is 0 Å². The van der Waals surface area contributed by atoms with Crippen LogP contribution in [0.25, 0.3) is 0 Å². The first-order valence-electron chi connectivity index (χ1n) is 7.79. The van der Waals surface area contributed by atoms with E-state index in [1.807, 2.05) is 19.9 Å². The van der Waals surface area contributed by atoms with Gasteiger partial charge in [0.25, 0.3) is 0 Å². The minimum atomic E-state index is -0.959. The molecular formula is C17H20N2O4S. The predicted molar refractivity (Wildman–Crippen MR) is 90.4 cm³/mol. The van der Waals surface area contributed by atoms with E-state index in [-0.39, 0.29) is 11.0 Å². The fourth-order valence-electron chi connectivity index (χ4n) is 3.63. The first kappa shape index (κ1) is 17.0. The molecular weight excluding hydrogens is 328 g/mol. The van der Waals surface area contributed by atoms with Gasteiger partial charge in [0.2, 0.25) is 5.91 Å². The van der Waals surface area contributed by atoms with Crippen LogP contribution >= 0.6 is 11.8 Å². The number of carboxylic acids is 1. The predicted octanol–water partition coefficient (Wildman–Crippen LogP) is 0.965. The molecule has 7 heteroatoms. The van der Waals surface area contributed by atoms with E-state index in [2.05, 4.69) is 5.32 Å². The third kappa shape index (κ3) is 2.61. The molecule has 0 spiro atoms. The number of amides is 1. The molecule has 1 heterocycles. The van der Waals surface area contributed by atoms with Gasteiger partial charge in [-0.2, -0.15) is 0 Å². The van der Waals surface area contributed by atoms with E-state index in [1.54, 1.807) is 24.3 Å². The molecule has 1 aromatic carbocycles. The number of carbonyl (C=O) groups is 3. The fraction of sp³-hybridized carbons (Fsp3) is 0.471. The van der Waals surface area contributed by atoms with Crippen LogP contribution < -0.4 is 11.1 Å². The Kier molecular flexibility index (Phi) is 4.17. The topological polar surface area (TPSA) is 109 Å². The summed E-state index contributed by atoms with van der Waals surface area (Å²) in [5, 5.41) is 11.9. The number of nitrogens with one attached hydrogen (secondary N) is 1. The molecule has 1 aromatic rings. The van der Waals surface area contributed by atoms with Crippen LogP contribution in [0.5, 0.6) is 0 Å². The zero-order chi connectivity index (χ0) is 17.6. The van der Waals surface area contributed by atoms with E-state index in [0.29, 0.717) is 5.56 Å². The van der Waals surface area contributed by atoms with Gasteiger partial charge >= 0.3 is 5.97 Å². The molecule has 2 aliphatic rings. The number of thioether (sulfide) groups is 1. The molecule has 0 bridgehead atoms. The highest BCUT2D eigenvalue weighted by Crippen LogP contribution is 2.57. The lowest BCUT2D eigenvalue weighted by atomic mass is 9.67. The van der Waals surface area contributed by atoms with Crippen molar-refractivity contribution in [2.75, 3.05) is 0 Å². The summed E-state index contributed by atoms with van der Waals surface area (Å²) in [4.78, 5) is 36.3. The second-order valence-corrected chi connectivity index (χ2v) is 8.64. The Labute approximate surface area is 144 Å². The summed E-state index contributed by atoms with van der Waals surface area (Å²) in [7, 11) is 0. The molecule has 5 atom stereocenters. The number of carbonyl (C=O) groups excluding carboxylic acids is 2. The van der Waals surface area contributed by atoms with Gasteiger partial charge in [0.1, 0.15) is 12.1 Å². The number of nitrogens with two attached hydrogens (primary N) is 1. The van der Waals surface area contributed by atoms with Crippen LogP contribution in [-0.2, 0) is 14.4 Å². The molecule has 1 aliphatic heterocycles. The van der Waals surface area contributed by atoms with Crippen molar-refractivity contribution in [2.24, 2.45) is 17.6 Å². The molecule has 2 fully saturated rings. The summed E-state index contributed by atoms with van der Waals surface area (Å²) in [5.74, 6) is -2.86. The van der Waals surface area contributed by atoms with Crippen molar-refractivity contribution in [3.63, 3.8) is 0 Å². The maximum absolute atomic E-state index is 12.4. The minimum absolute atomic E-state index is 0.208. The Hall–Kier alpha value is -1.86. The minimum Gasteiger partial charge on any atom is -0.481 e. The van der Waals surface area contributed by atoms with Gasteiger partial charge in [-0.3, -0.25) is 14.4 Å². The molecule has 3 unspecified atom stereocenters. The number of ketones is 1. The SMILES string of the molecule is CC1(C)SC2C(NC(=O)[C@H](N)c3ccccc3)C(=O)C2[C@H]1C(=O)O.